The van der Waals surface area contributed by atoms with Crippen LogP contribution in [0.25, 0.3) is 10.8 Å². The first-order chi connectivity index (χ1) is 6.59. The molecule has 0 aliphatic rings. The number of aromatic nitrogens is 2. The van der Waals surface area contributed by atoms with Crippen LogP contribution in [0.4, 0.5) is 5.82 Å². The quantitative estimate of drug-likeness (QED) is 0.663. The Bertz CT molecular complexity index is 562. The number of anilines is 1. The molecule has 0 radical (unpaired) electrons. The lowest BCUT2D eigenvalue weighted by molar-refractivity contribution is 0.873. The maximum Gasteiger partial charge on any atom is 0.261 e. The van der Waals surface area contributed by atoms with Crippen molar-refractivity contribution in [1.29, 1.82) is 0 Å². The fourth-order valence-corrected chi connectivity index (χ4v) is 1.56. The predicted octanol–water partition coefficient (Wildman–Crippen LogP) is 1.17. The maximum absolute atomic E-state index is 11.7. The molecule has 2 N–H and O–H groups in total. The second-order valence-electron chi connectivity index (χ2n) is 3.03. The molecular formula is C9H8ClN3O. The zero-order valence-corrected chi connectivity index (χ0v) is 8.25. The fourth-order valence-electron chi connectivity index (χ4n) is 1.35. The second kappa shape index (κ2) is 2.99. The van der Waals surface area contributed by atoms with Gasteiger partial charge in [-0.25, -0.2) is 4.98 Å². The molecule has 0 unspecified atom stereocenters. The van der Waals surface area contributed by atoms with E-state index in [1.807, 2.05) is 0 Å². The molecule has 0 aliphatic carbocycles. The van der Waals surface area contributed by atoms with Gasteiger partial charge in [-0.3, -0.25) is 4.79 Å². The highest BCUT2D eigenvalue weighted by Gasteiger charge is 2.06. The van der Waals surface area contributed by atoms with Gasteiger partial charge in [-0.1, -0.05) is 11.6 Å². The molecule has 0 saturated heterocycles. The van der Waals surface area contributed by atoms with E-state index in [1.54, 1.807) is 25.4 Å². The van der Waals surface area contributed by atoms with Crippen molar-refractivity contribution in [3.63, 3.8) is 0 Å². The molecule has 4 nitrogen and oxygen atoms in total. The summed E-state index contributed by atoms with van der Waals surface area (Å²) in [5, 5.41) is 1.42. The van der Waals surface area contributed by atoms with E-state index in [9.17, 15) is 4.79 Å². The summed E-state index contributed by atoms with van der Waals surface area (Å²) in [4.78, 5) is 15.5. The van der Waals surface area contributed by atoms with Crippen LogP contribution in [0.5, 0.6) is 0 Å². The van der Waals surface area contributed by atoms with Crippen molar-refractivity contribution in [1.82, 2.24) is 9.55 Å². The molecule has 0 spiro atoms. The van der Waals surface area contributed by atoms with E-state index >= 15 is 0 Å². The summed E-state index contributed by atoms with van der Waals surface area (Å²) in [5.41, 5.74) is 5.46. The molecule has 0 bridgehead atoms. The zero-order chi connectivity index (χ0) is 10.3. The van der Waals surface area contributed by atoms with Crippen LogP contribution < -0.4 is 11.3 Å². The number of nitrogens with zero attached hydrogens (tertiary/aromatic N) is 2. The van der Waals surface area contributed by atoms with Crippen LogP contribution in [0, 0.1) is 0 Å². The van der Waals surface area contributed by atoms with Crippen LogP contribution in [0.2, 0.25) is 5.15 Å². The van der Waals surface area contributed by atoms with Gasteiger partial charge in [0.1, 0.15) is 11.0 Å². The van der Waals surface area contributed by atoms with Crippen LogP contribution in [0.1, 0.15) is 0 Å². The molecule has 0 aliphatic heterocycles. The first kappa shape index (κ1) is 9.02. The molecule has 0 fully saturated rings. The van der Waals surface area contributed by atoms with Gasteiger partial charge in [0, 0.05) is 13.2 Å². The minimum Gasteiger partial charge on any atom is -0.383 e. The van der Waals surface area contributed by atoms with E-state index < -0.39 is 0 Å². The largest absolute Gasteiger partial charge is 0.383 e. The number of aryl methyl sites for hydroxylation is 1. The summed E-state index contributed by atoms with van der Waals surface area (Å²) in [6, 6.07) is 3.40. The molecule has 0 amide bonds. The van der Waals surface area contributed by atoms with Crippen LogP contribution >= 0.6 is 11.6 Å². The third-order valence-corrected chi connectivity index (χ3v) is 2.25. The van der Waals surface area contributed by atoms with Crippen molar-refractivity contribution < 1.29 is 0 Å². The number of fused-ring (bicyclic) bond motifs is 1. The summed E-state index contributed by atoms with van der Waals surface area (Å²) >= 11 is 5.72. The smallest absolute Gasteiger partial charge is 0.261 e. The summed E-state index contributed by atoms with van der Waals surface area (Å²) in [6.07, 6.45) is 1.67. The molecule has 2 aromatic rings. The summed E-state index contributed by atoms with van der Waals surface area (Å²) in [6.45, 7) is 0. The third kappa shape index (κ3) is 1.24. The van der Waals surface area contributed by atoms with Gasteiger partial charge in [0.2, 0.25) is 0 Å². The molecule has 0 atom stereocenters. The highest BCUT2D eigenvalue weighted by molar-refractivity contribution is 6.30. The number of pyridine rings is 2. The number of hydrogen-bond donors (Lipinski definition) is 1. The second-order valence-corrected chi connectivity index (χ2v) is 3.41. The Labute approximate surface area is 84.9 Å². The van der Waals surface area contributed by atoms with Gasteiger partial charge in [-0.15, -0.1) is 0 Å². The fraction of sp³-hybridized carbons (Fsp3) is 0.111. The normalized spacial score (nSPS) is 10.7. The lowest BCUT2D eigenvalue weighted by Gasteiger charge is -2.03. The maximum atomic E-state index is 11.7. The lowest BCUT2D eigenvalue weighted by atomic mass is 10.2. The SMILES string of the molecule is Cn1ccc2cc(Cl)nc(N)c2c1=O. The average Bonchev–Trinajstić information content (AvgIpc) is 2.10. The average molecular weight is 210 g/mol. The number of halogens is 1. The number of nitrogen functional groups attached to an aromatic ring is 1. The van der Waals surface area contributed by atoms with Crippen LogP contribution in [0.15, 0.2) is 23.1 Å². The van der Waals surface area contributed by atoms with Gasteiger partial charge in [0.05, 0.1) is 5.39 Å². The van der Waals surface area contributed by atoms with Gasteiger partial charge in [0.25, 0.3) is 5.56 Å². The van der Waals surface area contributed by atoms with E-state index in [2.05, 4.69) is 4.98 Å². The summed E-state index contributed by atoms with van der Waals surface area (Å²) < 4.78 is 1.45. The van der Waals surface area contributed by atoms with Crippen LogP contribution in [-0.4, -0.2) is 9.55 Å². The molecule has 2 heterocycles. The molecule has 72 valence electrons. The van der Waals surface area contributed by atoms with Gasteiger partial charge in [0.15, 0.2) is 0 Å². The molecule has 14 heavy (non-hydrogen) atoms. The molecule has 2 rings (SSSR count). The molecular weight excluding hydrogens is 202 g/mol. The minimum atomic E-state index is -0.163. The van der Waals surface area contributed by atoms with Crippen LogP contribution in [-0.2, 0) is 7.05 Å². The highest BCUT2D eigenvalue weighted by atomic mass is 35.5. The molecule has 2 aromatic heterocycles. The van der Waals surface area contributed by atoms with Crippen molar-refractivity contribution >= 4 is 28.2 Å². The van der Waals surface area contributed by atoms with E-state index in [0.717, 1.165) is 0 Å². The van der Waals surface area contributed by atoms with Gasteiger partial charge in [-0.2, -0.15) is 0 Å². The van der Waals surface area contributed by atoms with Crippen LogP contribution in [0.3, 0.4) is 0 Å². The van der Waals surface area contributed by atoms with E-state index in [1.165, 1.54) is 4.57 Å². The molecule has 5 heteroatoms. The number of hydrogen-bond acceptors (Lipinski definition) is 3. The van der Waals surface area contributed by atoms with Crippen molar-refractivity contribution in [2.24, 2.45) is 7.05 Å². The summed E-state index contributed by atoms with van der Waals surface area (Å²) in [7, 11) is 1.66. The third-order valence-electron chi connectivity index (χ3n) is 2.06. The van der Waals surface area contributed by atoms with E-state index in [0.29, 0.717) is 15.9 Å². The lowest BCUT2D eigenvalue weighted by Crippen LogP contribution is -2.17. The van der Waals surface area contributed by atoms with E-state index in [4.69, 9.17) is 17.3 Å². The van der Waals surface area contributed by atoms with Crippen molar-refractivity contribution in [3.8, 4) is 0 Å². The van der Waals surface area contributed by atoms with Crippen molar-refractivity contribution in [2.45, 2.75) is 0 Å². The topological polar surface area (TPSA) is 60.9 Å². The Balaban J connectivity index is 3.03. The van der Waals surface area contributed by atoms with E-state index in [-0.39, 0.29) is 11.4 Å². The highest BCUT2D eigenvalue weighted by Crippen LogP contribution is 2.18. The Morgan fingerprint density at radius 3 is 3.00 bits per heavy atom. The van der Waals surface area contributed by atoms with Gasteiger partial charge < -0.3 is 10.3 Å². The van der Waals surface area contributed by atoms with Crippen molar-refractivity contribution in [3.05, 3.63) is 33.8 Å². The minimum absolute atomic E-state index is 0.163. The number of rotatable bonds is 0. The monoisotopic (exact) mass is 209 g/mol. The standard InChI is InChI=1S/C9H8ClN3O/c1-13-3-2-5-4-6(10)12-8(11)7(5)9(13)14/h2-4H,1H3,(H2,11,12). The Hall–Kier alpha value is -1.55. The molecule has 0 saturated carbocycles. The van der Waals surface area contributed by atoms with Gasteiger partial charge >= 0.3 is 0 Å². The zero-order valence-electron chi connectivity index (χ0n) is 7.49. The summed E-state index contributed by atoms with van der Waals surface area (Å²) in [5.74, 6) is 0.175. The predicted molar refractivity (Wildman–Crippen MR) is 56.4 cm³/mol. The Morgan fingerprint density at radius 1 is 1.57 bits per heavy atom. The first-order valence-corrected chi connectivity index (χ1v) is 4.39. The Kier molecular flexibility index (Phi) is 1.93. The van der Waals surface area contributed by atoms with Gasteiger partial charge in [-0.05, 0) is 17.5 Å². The Morgan fingerprint density at radius 2 is 2.29 bits per heavy atom. The number of nitrogens with two attached hydrogens (primary N) is 1. The van der Waals surface area contributed by atoms with Crippen molar-refractivity contribution in [2.75, 3.05) is 5.73 Å². The molecule has 0 aromatic carbocycles. The first-order valence-electron chi connectivity index (χ1n) is 4.01.